The molecule has 4 heteroatoms. The van der Waals surface area contributed by atoms with Crippen molar-refractivity contribution in [2.24, 2.45) is 0 Å². The topological polar surface area (TPSA) is 55.1 Å². The average molecular weight is 275 g/mol. The van der Waals surface area contributed by atoms with Gasteiger partial charge in [-0.25, -0.2) is 0 Å². The summed E-state index contributed by atoms with van der Waals surface area (Å²) in [5.74, 6) is -0.0997. The standard InChI is InChI=1S/C15H15ClN2O/c1-10-8-12(6-7-14(10)17)18-15(19)9-11-4-2-3-5-13(11)16/h2-8H,9,17H2,1H3,(H,18,19). The van der Waals surface area contributed by atoms with Gasteiger partial charge in [0.1, 0.15) is 0 Å². The van der Waals surface area contributed by atoms with E-state index in [0.29, 0.717) is 10.7 Å². The Bertz CT molecular complexity index is 611. The van der Waals surface area contributed by atoms with Gasteiger partial charge < -0.3 is 11.1 Å². The van der Waals surface area contributed by atoms with Crippen molar-refractivity contribution < 1.29 is 4.79 Å². The van der Waals surface area contributed by atoms with Crippen LogP contribution in [-0.2, 0) is 11.2 Å². The van der Waals surface area contributed by atoms with Gasteiger partial charge in [-0.2, -0.15) is 0 Å². The lowest BCUT2D eigenvalue weighted by molar-refractivity contribution is -0.115. The fraction of sp³-hybridized carbons (Fsp3) is 0.133. The molecule has 1 amide bonds. The Kier molecular flexibility index (Phi) is 4.07. The highest BCUT2D eigenvalue weighted by Crippen LogP contribution is 2.18. The van der Waals surface area contributed by atoms with Crippen LogP contribution in [0.2, 0.25) is 5.02 Å². The molecule has 3 nitrogen and oxygen atoms in total. The molecule has 0 aliphatic carbocycles. The molecule has 98 valence electrons. The first kappa shape index (κ1) is 13.4. The maximum atomic E-state index is 11.9. The van der Waals surface area contributed by atoms with Crippen LogP contribution in [0, 0.1) is 6.92 Å². The fourth-order valence-electron chi connectivity index (χ4n) is 1.77. The number of anilines is 2. The van der Waals surface area contributed by atoms with Gasteiger partial charge in [0.25, 0.3) is 0 Å². The minimum atomic E-state index is -0.0997. The summed E-state index contributed by atoms with van der Waals surface area (Å²) in [6.07, 6.45) is 0.253. The lowest BCUT2D eigenvalue weighted by Crippen LogP contribution is -2.14. The fourth-order valence-corrected chi connectivity index (χ4v) is 1.98. The maximum Gasteiger partial charge on any atom is 0.228 e. The normalized spacial score (nSPS) is 10.2. The van der Waals surface area contributed by atoms with E-state index >= 15 is 0 Å². The number of benzene rings is 2. The second kappa shape index (κ2) is 5.76. The summed E-state index contributed by atoms with van der Waals surface area (Å²) < 4.78 is 0. The Labute approximate surface area is 117 Å². The molecule has 0 unspecified atom stereocenters. The summed E-state index contributed by atoms with van der Waals surface area (Å²) in [7, 11) is 0. The molecule has 0 radical (unpaired) electrons. The van der Waals surface area contributed by atoms with Crippen molar-refractivity contribution in [3.63, 3.8) is 0 Å². The zero-order chi connectivity index (χ0) is 13.8. The molecular formula is C15H15ClN2O. The number of carbonyl (C=O) groups is 1. The molecule has 0 atom stereocenters. The Morgan fingerprint density at radius 1 is 1.26 bits per heavy atom. The van der Waals surface area contributed by atoms with Gasteiger partial charge in [0.2, 0.25) is 5.91 Å². The lowest BCUT2D eigenvalue weighted by Gasteiger charge is -2.08. The molecule has 0 fully saturated rings. The Hall–Kier alpha value is -2.00. The summed E-state index contributed by atoms with van der Waals surface area (Å²) in [6.45, 7) is 1.90. The van der Waals surface area contributed by atoms with Gasteiger partial charge >= 0.3 is 0 Å². The van der Waals surface area contributed by atoms with Crippen molar-refractivity contribution in [2.45, 2.75) is 13.3 Å². The van der Waals surface area contributed by atoms with Crippen LogP contribution in [-0.4, -0.2) is 5.91 Å². The Balaban J connectivity index is 2.05. The van der Waals surface area contributed by atoms with Crippen LogP contribution in [0.25, 0.3) is 0 Å². The lowest BCUT2D eigenvalue weighted by atomic mass is 10.1. The molecule has 0 heterocycles. The van der Waals surface area contributed by atoms with E-state index in [1.807, 2.05) is 31.2 Å². The number of aryl methyl sites for hydroxylation is 1. The van der Waals surface area contributed by atoms with Gasteiger partial charge in [-0.05, 0) is 42.3 Å². The minimum absolute atomic E-state index is 0.0997. The third-order valence-corrected chi connectivity index (χ3v) is 3.23. The van der Waals surface area contributed by atoms with Crippen LogP contribution >= 0.6 is 11.6 Å². The average Bonchev–Trinajstić information content (AvgIpc) is 2.37. The Morgan fingerprint density at radius 3 is 2.68 bits per heavy atom. The van der Waals surface area contributed by atoms with E-state index in [4.69, 9.17) is 17.3 Å². The van der Waals surface area contributed by atoms with Gasteiger partial charge in [0.05, 0.1) is 6.42 Å². The van der Waals surface area contributed by atoms with E-state index in [2.05, 4.69) is 5.32 Å². The van der Waals surface area contributed by atoms with Gasteiger partial charge in [-0.1, -0.05) is 29.8 Å². The highest BCUT2D eigenvalue weighted by Gasteiger charge is 2.07. The van der Waals surface area contributed by atoms with Crippen LogP contribution in [0.15, 0.2) is 42.5 Å². The number of carbonyl (C=O) groups excluding carboxylic acids is 1. The summed E-state index contributed by atoms with van der Waals surface area (Å²) in [6, 6.07) is 12.7. The third kappa shape index (κ3) is 3.48. The van der Waals surface area contributed by atoms with Crippen LogP contribution in [0.1, 0.15) is 11.1 Å². The zero-order valence-electron chi connectivity index (χ0n) is 10.6. The second-order valence-electron chi connectivity index (χ2n) is 4.39. The Morgan fingerprint density at radius 2 is 2.00 bits per heavy atom. The molecular weight excluding hydrogens is 260 g/mol. The SMILES string of the molecule is Cc1cc(NC(=O)Cc2ccccc2Cl)ccc1N. The number of hydrogen-bond donors (Lipinski definition) is 2. The first-order valence-corrected chi connectivity index (χ1v) is 6.33. The van der Waals surface area contributed by atoms with Crippen molar-refractivity contribution in [1.29, 1.82) is 0 Å². The number of halogens is 1. The molecule has 0 spiro atoms. The highest BCUT2D eigenvalue weighted by molar-refractivity contribution is 6.31. The van der Waals surface area contributed by atoms with Gasteiger partial charge in [-0.3, -0.25) is 4.79 Å². The predicted octanol–water partition coefficient (Wildman–Crippen LogP) is 3.41. The summed E-state index contributed by atoms with van der Waals surface area (Å²) in [5.41, 5.74) is 8.94. The number of hydrogen-bond acceptors (Lipinski definition) is 2. The number of nitrogens with two attached hydrogens (primary N) is 1. The van der Waals surface area contributed by atoms with E-state index in [0.717, 1.165) is 16.8 Å². The van der Waals surface area contributed by atoms with E-state index in [-0.39, 0.29) is 12.3 Å². The van der Waals surface area contributed by atoms with Gasteiger partial charge in [0.15, 0.2) is 0 Å². The van der Waals surface area contributed by atoms with Crippen molar-refractivity contribution in [3.8, 4) is 0 Å². The number of amides is 1. The predicted molar refractivity (Wildman–Crippen MR) is 79.4 cm³/mol. The molecule has 0 bridgehead atoms. The number of nitrogens with one attached hydrogen (secondary N) is 1. The zero-order valence-corrected chi connectivity index (χ0v) is 11.4. The van der Waals surface area contributed by atoms with E-state index < -0.39 is 0 Å². The van der Waals surface area contributed by atoms with Crippen molar-refractivity contribution in [1.82, 2.24) is 0 Å². The van der Waals surface area contributed by atoms with Crippen LogP contribution < -0.4 is 11.1 Å². The van der Waals surface area contributed by atoms with E-state index in [9.17, 15) is 4.79 Å². The van der Waals surface area contributed by atoms with Crippen molar-refractivity contribution in [3.05, 3.63) is 58.6 Å². The third-order valence-electron chi connectivity index (χ3n) is 2.86. The highest BCUT2D eigenvalue weighted by atomic mass is 35.5. The minimum Gasteiger partial charge on any atom is -0.399 e. The smallest absolute Gasteiger partial charge is 0.228 e. The quantitative estimate of drug-likeness (QED) is 0.843. The molecule has 0 aromatic heterocycles. The van der Waals surface area contributed by atoms with E-state index in [1.165, 1.54) is 0 Å². The first-order valence-electron chi connectivity index (χ1n) is 5.95. The van der Waals surface area contributed by atoms with Gasteiger partial charge in [0, 0.05) is 16.4 Å². The summed E-state index contributed by atoms with van der Waals surface area (Å²) >= 11 is 6.02. The van der Waals surface area contributed by atoms with Crippen LogP contribution in [0.5, 0.6) is 0 Å². The van der Waals surface area contributed by atoms with Gasteiger partial charge in [-0.15, -0.1) is 0 Å². The summed E-state index contributed by atoms with van der Waals surface area (Å²) in [4.78, 5) is 11.9. The molecule has 2 rings (SSSR count). The first-order chi connectivity index (χ1) is 9.06. The molecule has 0 saturated carbocycles. The number of rotatable bonds is 3. The maximum absolute atomic E-state index is 11.9. The van der Waals surface area contributed by atoms with E-state index in [1.54, 1.807) is 18.2 Å². The largest absolute Gasteiger partial charge is 0.399 e. The molecule has 2 aromatic carbocycles. The molecule has 19 heavy (non-hydrogen) atoms. The van der Waals surface area contributed by atoms with Crippen molar-refractivity contribution >= 4 is 28.9 Å². The van der Waals surface area contributed by atoms with Crippen LogP contribution in [0.4, 0.5) is 11.4 Å². The molecule has 2 aromatic rings. The second-order valence-corrected chi connectivity index (χ2v) is 4.79. The molecule has 0 aliphatic rings. The molecule has 0 aliphatic heterocycles. The number of nitrogen functional groups attached to an aromatic ring is 1. The molecule has 3 N–H and O–H groups in total. The monoisotopic (exact) mass is 274 g/mol. The summed E-state index contributed by atoms with van der Waals surface area (Å²) in [5, 5.41) is 3.44. The molecule has 0 saturated heterocycles. The van der Waals surface area contributed by atoms with Crippen LogP contribution in [0.3, 0.4) is 0 Å². The van der Waals surface area contributed by atoms with Crippen molar-refractivity contribution in [2.75, 3.05) is 11.1 Å².